The summed E-state index contributed by atoms with van der Waals surface area (Å²) in [5.74, 6) is -0.837. The maximum absolute atomic E-state index is 12.6. The number of carbonyl (C=O) groups is 2. The number of ether oxygens (including phenoxy) is 1. The van der Waals surface area contributed by atoms with Crippen LogP contribution in [0.15, 0.2) is 59.2 Å². The molecule has 0 aliphatic heterocycles. The van der Waals surface area contributed by atoms with Crippen LogP contribution in [0.5, 0.6) is 0 Å². The number of rotatable bonds is 6. The Morgan fingerprint density at radius 2 is 1.81 bits per heavy atom. The van der Waals surface area contributed by atoms with Gasteiger partial charge in [-0.25, -0.2) is 4.79 Å². The summed E-state index contributed by atoms with van der Waals surface area (Å²) >= 11 is 3.29. The molecule has 1 aromatic heterocycles. The first-order valence-electron chi connectivity index (χ1n) is 8.01. The monoisotopic (exact) mass is 410 g/mol. The van der Waals surface area contributed by atoms with Gasteiger partial charge in [-0.3, -0.25) is 4.79 Å². The van der Waals surface area contributed by atoms with Gasteiger partial charge in [0.15, 0.2) is 6.61 Å². The van der Waals surface area contributed by atoms with Crippen LogP contribution in [0.1, 0.15) is 27.1 Å². The van der Waals surface area contributed by atoms with Gasteiger partial charge >= 0.3 is 5.97 Å². The summed E-state index contributed by atoms with van der Waals surface area (Å²) in [4.78, 5) is 24.8. The molecule has 5 nitrogen and oxygen atoms in total. The highest BCUT2D eigenvalue weighted by Gasteiger charge is 2.18. The average Bonchev–Trinajstić information content (AvgIpc) is 3.03. The molecule has 0 spiro atoms. The molecule has 0 amide bonds. The highest BCUT2D eigenvalue weighted by Crippen LogP contribution is 2.23. The van der Waals surface area contributed by atoms with Crippen molar-refractivity contribution in [3.8, 4) is 6.07 Å². The van der Waals surface area contributed by atoms with Crippen LogP contribution < -0.4 is 0 Å². The van der Waals surface area contributed by atoms with Crippen LogP contribution in [0.4, 0.5) is 0 Å². The van der Waals surface area contributed by atoms with E-state index in [1.165, 1.54) is 0 Å². The zero-order chi connectivity index (χ0) is 18.5. The number of aryl methyl sites for hydroxylation is 1. The van der Waals surface area contributed by atoms with Gasteiger partial charge in [-0.1, -0.05) is 30.3 Å². The largest absolute Gasteiger partial charge is 0.454 e. The SMILES string of the molecule is N#CCCn1cc(C(=O)COC(=O)c2ccccc2Br)c2ccccc21. The van der Waals surface area contributed by atoms with Crippen LogP contribution in [0.25, 0.3) is 10.9 Å². The molecule has 3 aromatic rings. The Labute approximate surface area is 158 Å². The molecule has 2 aromatic carbocycles. The third-order valence-corrected chi connectivity index (χ3v) is 4.67. The highest BCUT2D eigenvalue weighted by atomic mass is 79.9. The molecule has 0 atom stereocenters. The van der Waals surface area contributed by atoms with E-state index in [4.69, 9.17) is 10.00 Å². The normalized spacial score (nSPS) is 10.5. The Morgan fingerprint density at radius 3 is 2.58 bits per heavy atom. The molecule has 1 heterocycles. The molecule has 0 aliphatic carbocycles. The Morgan fingerprint density at radius 1 is 1.08 bits per heavy atom. The van der Waals surface area contributed by atoms with Crippen molar-refractivity contribution in [3.05, 3.63) is 70.3 Å². The van der Waals surface area contributed by atoms with E-state index in [9.17, 15) is 9.59 Å². The number of hydrogen-bond donors (Lipinski definition) is 0. The van der Waals surface area contributed by atoms with Crippen LogP contribution in [-0.4, -0.2) is 22.9 Å². The first-order valence-corrected chi connectivity index (χ1v) is 8.81. The summed E-state index contributed by atoms with van der Waals surface area (Å²) in [5, 5.41) is 9.58. The Kier molecular flexibility index (Phi) is 5.49. The molecule has 26 heavy (non-hydrogen) atoms. The minimum absolute atomic E-state index is 0.280. The van der Waals surface area contributed by atoms with Gasteiger partial charge in [0.25, 0.3) is 0 Å². The first kappa shape index (κ1) is 17.9. The molecule has 0 fully saturated rings. The van der Waals surface area contributed by atoms with Gasteiger partial charge in [0.1, 0.15) is 0 Å². The van der Waals surface area contributed by atoms with E-state index < -0.39 is 5.97 Å². The quantitative estimate of drug-likeness (QED) is 0.447. The highest BCUT2D eigenvalue weighted by molar-refractivity contribution is 9.10. The molecule has 0 saturated carbocycles. The lowest BCUT2D eigenvalue weighted by atomic mass is 10.1. The van der Waals surface area contributed by atoms with Crippen molar-refractivity contribution in [1.82, 2.24) is 4.57 Å². The number of hydrogen-bond acceptors (Lipinski definition) is 4. The van der Waals surface area contributed by atoms with E-state index in [0.717, 1.165) is 10.9 Å². The summed E-state index contributed by atoms with van der Waals surface area (Å²) in [6.07, 6.45) is 2.07. The number of Topliss-reactive ketones (excluding diaryl/α,β-unsaturated/α-hetero) is 1. The molecule has 0 unspecified atom stereocenters. The Balaban J connectivity index is 1.79. The van der Waals surface area contributed by atoms with Gasteiger partial charge in [-0.2, -0.15) is 5.26 Å². The summed E-state index contributed by atoms with van der Waals surface area (Å²) in [6, 6.07) is 16.5. The van der Waals surface area contributed by atoms with Crippen molar-refractivity contribution in [2.24, 2.45) is 0 Å². The van der Waals surface area contributed by atoms with Gasteiger partial charge < -0.3 is 9.30 Å². The lowest BCUT2D eigenvalue weighted by molar-refractivity contribution is 0.0474. The fourth-order valence-corrected chi connectivity index (χ4v) is 3.18. The molecule has 0 N–H and O–H groups in total. The zero-order valence-corrected chi connectivity index (χ0v) is 15.4. The second-order valence-corrected chi connectivity index (χ2v) is 6.49. The van der Waals surface area contributed by atoms with Crippen molar-refractivity contribution in [2.45, 2.75) is 13.0 Å². The van der Waals surface area contributed by atoms with E-state index in [0.29, 0.717) is 28.6 Å². The van der Waals surface area contributed by atoms with Gasteiger partial charge in [-0.05, 0) is 34.1 Å². The number of para-hydroxylation sites is 1. The number of carbonyl (C=O) groups excluding carboxylic acids is 2. The Hall–Kier alpha value is -2.91. The maximum Gasteiger partial charge on any atom is 0.339 e. The minimum Gasteiger partial charge on any atom is -0.454 e. The number of nitriles is 1. The number of halogens is 1. The number of benzene rings is 2. The molecule has 0 radical (unpaired) electrons. The molecule has 0 bridgehead atoms. The van der Waals surface area contributed by atoms with E-state index in [-0.39, 0.29) is 12.4 Å². The molecule has 3 rings (SSSR count). The number of aromatic nitrogens is 1. The van der Waals surface area contributed by atoms with E-state index in [1.54, 1.807) is 30.5 Å². The smallest absolute Gasteiger partial charge is 0.339 e. The van der Waals surface area contributed by atoms with Gasteiger partial charge in [0, 0.05) is 33.7 Å². The molecule has 0 aliphatic rings. The predicted molar refractivity (Wildman–Crippen MR) is 101 cm³/mol. The average molecular weight is 411 g/mol. The van der Waals surface area contributed by atoms with Crippen molar-refractivity contribution < 1.29 is 14.3 Å². The first-order chi connectivity index (χ1) is 12.6. The summed E-state index contributed by atoms with van der Waals surface area (Å²) in [6.45, 7) is 0.160. The van der Waals surface area contributed by atoms with Crippen molar-refractivity contribution in [3.63, 3.8) is 0 Å². The molecule has 6 heteroatoms. The van der Waals surface area contributed by atoms with Gasteiger partial charge in [0.05, 0.1) is 18.1 Å². The van der Waals surface area contributed by atoms with Gasteiger partial charge in [0.2, 0.25) is 5.78 Å². The second-order valence-electron chi connectivity index (χ2n) is 5.64. The third-order valence-electron chi connectivity index (χ3n) is 3.98. The topological polar surface area (TPSA) is 72.1 Å². The van der Waals surface area contributed by atoms with Crippen LogP contribution in [0.2, 0.25) is 0 Å². The van der Waals surface area contributed by atoms with E-state index in [2.05, 4.69) is 22.0 Å². The van der Waals surface area contributed by atoms with Crippen LogP contribution >= 0.6 is 15.9 Å². The number of ketones is 1. The Bertz CT molecular complexity index is 1020. The lowest BCUT2D eigenvalue weighted by Crippen LogP contribution is -2.14. The van der Waals surface area contributed by atoms with Crippen LogP contribution in [0.3, 0.4) is 0 Å². The van der Waals surface area contributed by atoms with Crippen molar-refractivity contribution in [1.29, 1.82) is 5.26 Å². The summed E-state index contributed by atoms with van der Waals surface area (Å²) in [5.41, 5.74) is 1.73. The lowest BCUT2D eigenvalue weighted by Gasteiger charge is -2.05. The van der Waals surface area contributed by atoms with E-state index in [1.807, 2.05) is 28.8 Å². The van der Waals surface area contributed by atoms with Gasteiger partial charge in [-0.15, -0.1) is 0 Å². The fraction of sp³-hybridized carbons (Fsp3) is 0.150. The van der Waals surface area contributed by atoms with Crippen molar-refractivity contribution >= 4 is 38.6 Å². The molecule has 130 valence electrons. The number of nitrogens with zero attached hydrogens (tertiary/aromatic N) is 2. The van der Waals surface area contributed by atoms with Crippen LogP contribution in [-0.2, 0) is 11.3 Å². The predicted octanol–water partition coefficient (Wildman–Crippen LogP) is 4.36. The number of fused-ring (bicyclic) bond motifs is 1. The molecular weight excluding hydrogens is 396 g/mol. The van der Waals surface area contributed by atoms with E-state index >= 15 is 0 Å². The van der Waals surface area contributed by atoms with Crippen LogP contribution in [0, 0.1) is 11.3 Å². The number of esters is 1. The molecule has 0 saturated heterocycles. The second kappa shape index (κ2) is 7.98. The zero-order valence-electron chi connectivity index (χ0n) is 13.8. The standard InChI is InChI=1S/C20H15BrN2O3/c21-17-8-3-1-7-15(17)20(25)26-13-19(24)16-12-23(11-5-10-22)18-9-4-2-6-14(16)18/h1-4,6-9,12H,5,11,13H2. The van der Waals surface area contributed by atoms with Crippen molar-refractivity contribution in [2.75, 3.05) is 6.61 Å². The minimum atomic E-state index is -0.556. The molecular formula is C20H15BrN2O3. The third kappa shape index (κ3) is 3.68. The summed E-state index contributed by atoms with van der Waals surface area (Å²) < 4.78 is 7.68. The fourth-order valence-electron chi connectivity index (χ4n) is 2.74. The summed E-state index contributed by atoms with van der Waals surface area (Å²) in [7, 11) is 0. The maximum atomic E-state index is 12.6.